The Kier molecular flexibility index (Phi) is 3.62. The minimum absolute atomic E-state index is 0.486. The van der Waals surface area contributed by atoms with Crippen molar-refractivity contribution in [3.63, 3.8) is 0 Å². The van der Waals surface area contributed by atoms with Crippen molar-refractivity contribution in [3.05, 3.63) is 64.3 Å². The second-order valence-electron chi connectivity index (χ2n) is 4.84. The molecule has 2 N–H and O–H groups in total. The molecule has 5 heteroatoms. The van der Waals surface area contributed by atoms with Gasteiger partial charge in [-0.25, -0.2) is 4.68 Å². The normalized spacial score (nSPS) is 10.8. The Balaban J connectivity index is 2.04. The van der Waals surface area contributed by atoms with Crippen LogP contribution >= 0.6 is 23.2 Å². The molecular formula is C16H13Cl2N3. The molecule has 0 aliphatic carbocycles. The van der Waals surface area contributed by atoms with E-state index < -0.39 is 0 Å². The summed E-state index contributed by atoms with van der Waals surface area (Å²) in [7, 11) is 0. The fourth-order valence-corrected chi connectivity index (χ4v) is 2.38. The lowest BCUT2D eigenvalue weighted by molar-refractivity contribution is 0.884. The monoisotopic (exact) mass is 317 g/mol. The molecule has 3 rings (SSSR count). The third kappa shape index (κ3) is 2.75. The van der Waals surface area contributed by atoms with Crippen LogP contribution in [0.15, 0.2) is 48.7 Å². The Bertz CT molecular complexity index is 792. The molecule has 106 valence electrons. The molecule has 3 aromatic rings. The quantitative estimate of drug-likeness (QED) is 0.742. The van der Waals surface area contributed by atoms with Crippen molar-refractivity contribution < 1.29 is 0 Å². The highest BCUT2D eigenvalue weighted by atomic mass is 35.5. The summed E-state index contributed by atoms with van der Waals surface area (Å²) in [5.41, 5.74) is 10.4. The van der Waals surface area contributed by atoms with E-state index in [9.17, 15) is 0 Å². The van der Waals surface area contributed by atoms with Crippen molar-refractivity contribution in [2.75, 3.05) is 5.73 Å². The molecule has 0 bridgehead atoms. The molecule has 0 aliphatic heterocycles. The van der Waals surface area contributed by atoms with Crippen LogP contribution in [0, 0.1) is 6.92 Å². The number of rotatable bonds is 2. The summed E-state index contributed by atoms with van der Waals surface area (Å²) in [6, 6.07) is 13.4. The van der Waals surface area contributed by atoms with Gasteiger partial charge in [0.1, 0.15) is 5.69 Å². The maximum atomic E-state index is 6.07. The van der Waals surface area contributed by atoms with E-state index in [0.717, 1.165) is 16.9 Å². The third-order valence-corrected chi connectivity index (χ3v) is 3.97. The molecule has 0 unspecified atom stereocenters. The summed E-state index contributed by atoms with van der Waals surface area (Å²) in [4.78, 5) is 0. The maximum Gasteiger partial charge on any atom is 0.116 e. The number of nitrogens with two attached hydrogens (primary N) is 1. The highest BCUT2D eigenvalue weighted by Gasteiger charge is 2.10. The number of aromatic nitrogens is 2. The van der Waals surface area contributed by atoms with Crippen molar-refractivity contribution in [3.8, 4) is 16.9 Å². The average molecular weight is 318 g/mol. The number of nitrogens with zero attached hydrogens (tertiary/aromatic N) is 2. The van der Waals surface area contributed by atoms with Crippen LogP contribution in [0.5, 0.6) is 0 Å². The highest BCUT2D eigenvalue weighted by Crippen LogP contribution is 2.28. The molecule has 0 atom stereocenters. The Morgan fingerprint density at radius 1 is 1.00 bits per heavy atom. The van der Waals surface area contributed by atoms with Gasteiger partial charge < -0.3 is 5.73 Å². The molecule has 0 fully saturated rings. The zero-order chi connectivity index (χ0) is 15.0. The van der Waals surface area contributed by atoms with Gasteiger partial charge in [-0.1, -0.05) is 53.0 Å². The molecule has 0 saturated heterocycles. The molecule has 0 spiro atoms. The van der Waals surface area contributed by atoms with E-state index in [-0.39, 0.29) is 0 Å². The van der Waals surface area contributed by atoms with Crippen LogP contribution in [-0.4, -0.2) is 9.78 Å². The maximum absolute atomic E-state index is 6.07. The minimum atomic E-state index is 0.486. The summed E-state index contributed by atoms with van der Waals surface area (Å²) >= 11 is 12.0. The van der Waals surface area contributed by atoms with Crippen molar-refractivity contribution in [2.45, 2.75) is 6.92 Å². The summed E-state index contributed by atoms with van der Waals surface area (Å²) < 4.78 is 1.70. The van der Waals surface area contributed by atoms with Gasteiger partial charge in [0.05, 0.1) is 27.6 Å². The molecule has 0 aliphatic rings. The molecule has 0 radical (unpaired) electrons. The first kappa shape index (κ1) is 14.0. The van der Waals surface area contributed by atoms with Crippen LogP contribution in [0.1, 0.15) is 5.56 Å². The van der Waals surface area contributed by atoms with Gasteiger partial charge in [0, 0.05) is 5.56 Å². The first-order valence-electron chi connectivity index (χ1n) is 6.42. The standard InChI is InChI=1S/C16H13Cl2N3/c1-10-2-4-11(5-3-10)16-15(19)9-21(20-16)12-6-7-13(17)14(18)8-12/h2-9H,19H2,1H3. The molecule has 2 aromatic carbocycles. The van der Waals surface area contributed by atoms with Crippen LogP contribution in [-0.2, 0) is 0 Å². The number of hydrogen-bond donors (Lipinski definition) is 1. The fourth-order valence-electron chi connectivity index (χ4n) is 2.08. The second-order valence-corrected chi connectivity index (χ2v) is 5.66. The highest BCUT2D eigenvalue weighted by molar-refractivity contribution is 6.42. The molecule has 1 heterocycles. The summed E-state index contributed by atoms with van der Waals surface area (Å²) in [6.45, 7) is 2.04. The molecule has 3 nitrogen and oxygen atoms in total. The van der Waals surface area contributed by atoms with Gasteiger partial charge in [0.15, 0.2) is 0 Å². The predicted molar refractivity (Wildman–Crippen MR) is 88.2 cm³/mol. The predicted octanol–water partition coefficient (Wildman–Crippen LogP) is 4.74. The molecule has 0 amide bonds. The molecule has 1 aromatic heterocycles. The first-order valence-corrected chi connectivity index (χ1v) is 7.18. The van der Waals surface area contributed by atoms with E-state index in [4.69, 9.17) is 28.9 Å². The summed E-state index contributed by atoms with van der Waals surface area (Å²) in [6.07, 6.45) is 1.77. The number of anilines is 1. The number of nitrogen functional groups attached to an aromatic ring is 1. The van der Waals surface area contributed by atoms with Gasteiger partial charge in [0.2, 0.25) is 0 Å². The Hall–Kier alpha value is -1.97. The van der Waals surface area contributed by atoms with Crippen molar-refractivity contribution in [1.29, 1.82) is 0 Å². The van der Waals surface area contributed by atoms with Crippen LogP contribution < -0.4 is 5.73 Å². The van der Waals surface area contributed by atoms with E-state index in [2.05, 4.69) is 5.10 Å². The smallest absolute Gasteiger partial charge is 0.116 e. The SMILES string of the molecule is Cc1ccc(-c2nn(-c3ccc(Cl)c(Cl)c3)cc2N)cc1. The van der Waals surface area contributed by atoms with E-state index in [1.54, 1.807) is 23.0 Å². The minimum Gasteiger partial charge on any atom is -0.396 e. The Morgan fingerprint density at radius 2 is 1.71 bits per heavy atom. The zero-order valence-electron chi connectivity index (χ0n) is 11.3. The number of hydrogen-bond acceptors (Lipinski definition) is 2. The summed E-state index contributed by atoms with van der Waals surface area (Å²) in [5, 5.41) is 5.54. The molecule has 21 heavy (non-hydrogen) atoms. The Labute approximate surface area is 132 Å². The lowest BCUT2D eigenvalue weighted by atomic mass is 10.1. The van der Waals surface area contributed by atoms with Gasteiger partial charge in [-0.15, -0.1) is 0 Å². The number of aryl methyl sites for hydroxylation is 1. The Morgan fingerprint density at radius 3 is 2.38 bits per heavy atom. The van der Waals surface area contributed by atoms with E-state index >= 15 is 0 Å². The van der Waals surface area contributed by atoms with Crippen LogP contribution in [0.2, 0.25) is 10.0 Å². The van der Waals surface area contributed by atoms with Gasteiger partial charge >= 0.3 is 0 Å². The van der Waals surface area contributed by atoms with Crippen LogP contribution in [0.3, 0.4) is 0 Å². The van der Waals surface area contributed by atoms with Crippen LogP contribution in [0.4, 0.5) is 5.69 Å². The third-order valence-electron chi connectivity index (χ3n) is 3.24. The largest absolute Gasteiger partial charge is 0.396 e. The lowest BCUT2D eigenvalue weighted by Gasteiger charge is -2.03. The first-order chi connectivity index (χ1) is 10.0. The van der Waals surface area contributed by atoms with Crippen molar-refractivity contribution in [2.24, 2.45) is 0 Å². The summed E-state index contributed by atoms with van der Waals surface area (Å²) in [5.74, 6) is 0. The van der Waals surface area contributed by atoms with Gasteiger partial charge in [-0.2, -0.15) is 5.10 Å². The van der Waals surface area contributed by atoms with E-state index in [1.165, 1.54) is 5.56 Å². The lowest BCUT2D eigenvalue weighted by Crippen LogP contribution is -1.94. The second kappa shape index (κ2) is 5.43. The molecule has 0 saturated carbocycles. The fraction of sp³-hybridized carbons (Fsp3) is 0.0625. The van der Waals surface area contributed by atoms with Crippen molar-refractivity contribution in [1.82, 2.24) is 9.78 Å². The molecular weight excluding hydrogens is 305 g/mol. The van der Waals surface area contributed by atoms with E-state index in [0.29, 0.717) is 15.7 Å². The van der Waals surface area contributed by atoms with Gasteiger partial charge in [-0.3, -0.25) is 0 Å². The number of benzene rings is 2. The van der Waals surface area contributed by atoms with Gasteiger partial charge in [0.25, 0.3) is 0 Å². The average Bonchev–Trinajstić information content (AvgIpc) is 2.85. The van der Waals surface area contributed by atoms with Crippen LogP contribution in [0.25, 0.3) is 16.9 Å². The van der Waals surface area contributed by atoms with E-state index in [1.807, 2.05) is 37.3 Å². The van der Waals surface area contributed by atoms with Gasteiger partial charge in [-0.05, 0) is 25.1 Å². The number of halogens is 2. The topological polar surface area (TPSA) is 43.8 Å². The van der Waals surface area contributed by atoms with Crippen molar-refractivity contribution >= 4 is 28.9 Å². The zero-order valence-corrected chi connectivity index (χ0v) is 12.9.